The van der Waals surface area contributed by atoms with Crippen LogP contribution in [-0.2, 0) is 16.1 Å². The highest BCUT2D eigenvalue weighted by Crippen LogP contribution is 2.20. The first-order chi connectivity index (χ1) is 9.29. The van der Waals surface area contributed by atoms with Crippen LogP contribution in [0.15, 0.2) is 24.3 Å². The molecule has 1 aromatic carbocycles. The topological polar surface area (TPSA) is 49.4 Å². The van der Waals surface area contributed by atoms with Crippen molar-refractivity contribution in [3.8, 4) is 0 Å². The second kappa shape index (κ2) is 5.27. The molecule has 2 rings (SSSR count). The summed E-state index contributed by atoms with van der Waals surface area (Å²) in [5.41, 5.74) is 1.44. The van der Waals surface area contributed by atoms with Crippen LogP contribution in [-0.4, -0.2) is 28.3 Å². The largest absolute Gasteiger partial charge is 0.342 e. The van der Waals surface area contributed by atoms with Crippen LogP contribution in [0.5, 0.6) is 0 Å². The summed E-state index contributed by atoms with van der Waals surface area (Å²) >= 11 is 0. The average molecular weight is 274 g/mol. The van der Waals surface area contributed by atoms with Crippen LogP contribution in [0.1, 0.15) is 38.3 Å². The number of hydrogen-bond donors (Lipinski definition) is 1. The molecule has 0 aromatic heterocycles. The van der Waals surface area contributed by atoms with Crippen molar-refractivity contribution in [2.75, 3.05) is 0 Å². The molecule has 1 aromatic rings. The fourth-order valence-corrected chi connectivity index (χ4v) is 2.51. The maximum atomic E-state index is 12.6. The van der Waals surface area contributed by atoms with E-state index in [1.54, 1.807) is 18.7 Å². The molecule has 1 heterocycles. The van der Waals surface area contributed by atoms with E-state index >= 15 is 0 Å². The van der Waals surface area contributed by atoms with Crippen molar-refractivity contribution in [3.63, 3.8) is 0 Å². The molecule has 0 aliphatic carbocycles. The van der Waals surface area contributed by atoms with E-state index in [1.807, 2.05) is 38.1 Å². The summed E-state index contributed by atoms with van der Waals surface area (Å²) in [4.78, 5) is 26.2. The van der Waals surface area contributed by atoms with Gasteiger partial charge in [-0.05, 0) is 33.3 Å². The van der Waals surface area contributed by atoms with Crippen LogP contribution < -0.4 is 5.32 Å². The van der Waals surface area contributed by atoms with Crippen molar-refractivity contribution in [2.45, 2.75) is 52.2 Å². The Morgan fingerprint density at radius 2 is 1.85 bits per heavy atom. The zero-order chi connectivity index (χ0) is 14.9. The third kappa shape index (κ3) is 3.00. The molecule has 1 unspecified atom stereocenters. The molecule has 20 heavy (non-hydrogen) atoms. The second-order valence-electron chi connectivity index (χ2n) is 6.14. The summed E-state index contributed by atoms with van der Waals surface area (Å²) in [5.74, 6) is -0.0984. The average Bonchev–Trinajstić information content (AvgIpc) is 2.41. The van der Waals surface area contributed by atoms with Crippen molar-refractivity contribution in [1.82, 2.24) is 10.2 Å². The van der Waals surface area contributed by atoms with Gasteiger partial charge in [0, 0.05) is 19.0 Å². The summed E-state index contributed by atoms with van der Waals surface area (Å²) in [7, 11) is 0. The molecule has 0 saturated carbocycles. The highest BCUT2D eigenvalue weighted by molar-refractivity contribution is 5.93. The molecule has 2 amide bonds. The Balaban J connectivity index is 2.25. The Morgan fingerprint density at radius 3 is 2.45 bits per heavy atom. The molecule has 0 bridgehead atoms. The van der Waals surface area contributed by atoms with E-state index in [0.717, 1.165) is 5.56 Å². The van der Waals surface area contributed by atoms with Gasteiger partial charge in [0.25, 0.3) is 0 Å². The lowest BCUT2D eigenvalue weighted by atomic mass is 10.0. The van der Waals surface area contributed by atoms with Crippen LogP contribution >= 0.6 is 0 Å². The van der Waals surface area contributed by atoms with E-state index in [0.29, 0.717) is 13.0 Å². The Bertz CT molecular complexity index is 520. The smallest absolute Gasteiger partial charge is 0.248 e. The number of rotatable bonds is 2. The highest BCUT2D eigenvalue weighted by atomic mass is 16.2. The minimum atomic E-state index is -0.841. The zero-order valence-corrected chi connectivity index (χ0v) is 12.6. The van der Waals surface area contributed by atoms with Gasteiger partial charge >= 0.3 is 0 Å². The fourth-order valence-electron chi connectivity index (χ4n) is 2.51. The Morgan fingerprint density at radius 1 is 1.25 bits per heavy atom. The minimum Gasteiger partial charge on any atom is -0.342 e. The maximum Gasteiger partial charge on any atom is 0.248 e. The van der Waals surface area contributed by atoms with E-state index in [4.69, 9.17) is 0 Å². The standard InChI is InChI=1S/C16H22N2O2/c1-11-5-7-13(8-6-11)10-18-12(2)9-14(19)17-16(3,4)15(18)20/h5-8,12H,9-10H2,1-4H3,(H,17,19). The molecular formula is C16H22N2O2. The third-order valence-corrected chi connectivity index (χ3v) is 3.73. The van der Waals surface area contributed by atoms with Gasteiger partial charge in [-0.2, -0.15) is 0 Å². The maximum absolute atomic E-state index is 12.6. The second-order valence-corrected chi connectivity index (χ2v) is 6.14. The van der Waals surface area contributed by atoms with Gasteiger partial charge in [-0.25, -0.2) is 0 Å². The van der Waals surface area contributed by atoms with Gasteiger partial charge in [0.2, 0.25) is 11.8 Å². The lowest BCUT2D eigenvalue weighted by molar-refractivity contribution is -0.139. The first-order valence-electron chi connectivity index (χ1n) is 6.97. The van der Waals surface area contributed by atoms with E-state index in [2.05, 4.69) is 5.32 Å². The van der Waals surface area contributed by atoms with Crippen molar-refractivity contribution in [3.05, 3.63) is 35.4 Å². The first-order valence-corrected chi connectivity index (χ1v) is 6.97. The normalized spacial score (nSPS) is 22.4. The fraction of sp³-hybridized carbons (Fsp3) is 0.500. The molecule has 1 saturated heterocycles. The molecule has 1 fully saturated rings. The number of benzene rings is 1. The third-order valence-electron chi connectivity index (χ3n) is 3.73. The summed E-state index contributed by atoms with van der Waals surface area (Å²) < 4.78 is 0. The van der Waals surface area contributed by atoms with E-state index in [-0.39, 0.29) is 17.9 Å². The lowest BCUT2D eigenvalue weighted by Gasteiger charge is -2.32. The van der Waals surface area contributed by atoms with Gasteiger partial charge in [-0.3, -0.25) is 9.59 Å². The van der Waals surface area contributed by atoms with Crippen molar-refractivity contribution >= 4 is 11.8 Å². The molecular weight excluding hydrogens is 252 g/mol. The Hall–Kier alpha value is -1.84. The van der Waals surface area contributed by atoms with Crippen LogP contribution in [0.3, 0.4) is 0 Å². The zero-order valence-electron chi connectivity index (χ0n) is 12.6. The number of aryl methyl sites for hydroxylation is 1. The van der Waals surface area contributed by atoms with Gasteiger partial charge in [0.1, 0.15) is 5.54 Å². The van der Waals surface area contributed by atoms with Gasteiger partial charge in [0.15, 0.2) is 0 Å². The molecule has 108 valence electrons. The summed E-state index contributed by atoms with van der Waals surface area (Å²) in [5, 5.41) is 2.79. The predicted molar refractivity (Wildman–Crippen MR) is 78.0 cm³/mol. The number of amides is 2. The van der Waals surface area contributed by atoms with Crippen molar-refractivity contribution < 1.29 is 9.59 Å². The van der Waals surface area contributed by atoms with Crippen LogP contribution in [0.25, 0.3) is 0 Å². The van der Waals surface area contributed by atoms with Crippen molar-refractivity contribution in [2.24, 2.45) is 0 Å². The number of nitrogens with one attached hydrogen (secondary N) is 1. The SMILES string of the molecule is Cc1ccc(CN2C(=O)C(C)(C)NC(=O)CC2C)cc1. The minimum absolute atomic E-state index is 0.0311. The summed E-state index contributed by atoms with van der Waals surface area (Å²) in [6.07, 6.45) is 0.348. The summed E-state index contributed by atoms with van der Waals surface area (Å²) in [6, 6.07) is 8.05. The number of carbonyl (C=O) groups is 2. The molecule has 1 N–H and O–H groups in total. The van der Waals surface area contributed by atoms with Gasteiger partial charge in [0.05, 0.1) is 0 Å². The first kappa shape index (κ1) is 14.6. The quantitative estimate of drug-likeness (QED) is 0.897. The molecule has 1 atom stereocenters. The predicted octanol–water partition coefficient (Wildman–Crippen LogP) is 2.01. The van der Waals surface area contributed by atoms with Crippen molar-refractivity contribution in [1.29, 1.82) is 0 Å². The summed E-state index contributed by atoms with van der Waals surface area (Å²) in [6.45, 7) is 8.02. The number of nitrogens with zero attached hydrogens (tertiary/aromatic N) is 1. The number of hydrogen-bond acceptors (Lipinski definition) is 2. The van der Waals surface area contributed by atoms with Crippen LogP contribution in [0.4, 0.5) is 0 Å². The van der Waals surface area contributed by atoms with E-state index in [9.17, 15) is 9.59 Å². The van der Waals surface area contributed by atoms with E-state index < -0.39 is 5.54 Å². The molecule has 4 heteroatoms. The molecule has 4 nitrogen and oxygen atoms in total. The Kier molecular flexibility index (Phi) is 3.84. The molecule has 0 radical (unpaired) electrons. The van der Waals surface area contributed by atoms with Gasteiger partial charge in [-0.15, -0.1) is 0 Å². The van der Waals surface area contributed by atoms with Gasteiger partial charge < -0.3 is 10.2 Å². The van der Waals surface area contributed by atoms with Crippen LogP contribution in [0, 0.1) is 6.92 Å². The molecule has 1 aliphatic heterocycles. The molecule has 1 aliphatic rings. The van der Waals surface area contributed by atoms with Gasteiger partial charge in [-0.1, -0.05) is 29.8 Å². The monoisotopic (exact) mass is 274 g/mol. The Labute approximate surface area is 120 Å². The number of carbonyl (C=O) groups excluding carboxylic acids is 2. The lowest BCUT2D eigenvalue weighted by Crippen LogP contribution is -2.53. The highest BCUT2D eigenvalue weighted by Gasteiger charge is 2.39. The van der Waals surface area contributed by atoms with Crippen LogP contribution in [0.2, 0.25) is 0 Å². The molecule has 0 spiro atoms. The van der Waals surface area contributed by atoms with E-state index in [1.165, 1.54) is 5.56 Å².